The first-order valence-corrected chi connectivity index (χ1v) is 7.14. The van der Waals surface area contributed by atoms with Crippen molar-refractivity contribution in [3.05, 3.63) is 36.3 Å². The molecule has 0 spiro atoms. The van der Waals surface area contributed by atoms with Crippen molar-refractivity contribution < 1.29 is 9.15 Å². The zero-order valence-electron chi connectivity index (χ0n) is 12.9. The van der Waals surface area contributed by atoms with E-state index >= 15 is 0 Å². The maximum Gasteiger partial charge on any atom is 0.250 e. The Labute approximate surface area is 136 Å². The van der Waals surface area contributed by atoms with E-state index in [0.717, 1.165) is 0 Å². The lowest BCUT2D eigenvalue weighted by atomic mass is 10.3. The Balaban J connectivity index is 1.93. The number of nitrogens with zero attached hydrogens (tertiary/aromatic N) is 5. The number of hydrogen-bond acceptors (Lipinski definition) is 7. The molecule has 0 fully saturated rings. The molecule has 1 aromatic carbocycles. The van der Waals surface area contributed by atoms with Crippen LogP contribution in [-0.4, -0.2) is 33.5 Å². The largest absolute Gasteiger partial charge is 0.497 e. The van der Waals surface area contributed by atoms with Gasteiger partial charge in [0.25, 0.3) is 0 Å². The van der Waals surface area contributed by atoms with Crippen LogP contribution >= 0.6 is 0 Å². The number of imidazole rings is 1. The summed E-state index contributed by atoms with van der Waals surface area (Å²) in [4.78, 5) is 13.1. The standard InChI is InChI=1S/C16H12N6O2/c1-18-15-14(21-13-5-9(7-17)19-8-22(13)15)16-20-11-6-10(23-2)3-4-12(11)24-16/h3-6,8,18H,1-2H3. The molecule has 0 saturated carbocycles. The molecule has 8 nitrogen and oxygen atoms in total. The Hall–Kier alpha value is -3.60. The molecule has 0 bridgehead atoms. The molecule has 4 rings (SSSR count). The average Bonchev–Trinajstić information content (AvgIpc) is 3.20. The number of fused-ring (bicyclic) bond motifs is 2. The summed E-state index contributed by atoms with van der Waals surface area (Å²) in [5.41, 5.74) is 2.74. The van der Waals surface area contributed by atoms with Crippen molar-refractivity contribution in [2.45, 2.75) is 0 Å². The fourth-order valence-electron chi connectivity index (χ4n) is 2.53. The van der Waals surface area contributed by atoms with Gasteiger partial charge in [0.05, 0.1) is 7.11 Å². The first kappa shape index (κ1) is 14.0. The minimum absolute atomic E-state index is 0.295. The predicted molar refractivity (Wildman–Crippen MR) is 86.8 cm³/mol. The molecular weight excluding hydrogens is 308 g/mol. The van der Waals surface area contributed by atoms with Crippen molar-refractivity contribution in [2.24, 2.45) is 0 Å². The van der Waals surface area contributed by atoms with E-state index in [9.17, 15) is 0 Å². The first-order valence-electron chi connectivity index (χ1n) is 7.14. The number of ether oxygens (including phenoxy) is 1. The molecule has 0 aliphatic carbocycles. The average molecular weight is 320 g/mol. The second-order valence-corrected chi connectivity index (χ2v) is 5.03. The van der Waals surface area contributed by atoms with Crippen LogP contribution in [0.5, 0.6) is 5.75 Å². The molecule has 1 N–H and O–H groups in total. The normalized spacial score (nSPS) is 10.9. The van der Waals surface area contributed by atoms with Crippen LogP contribution < -0.4 is 10.1 Å². The van der Waals surface area contributed by atoms with Crippen LogP contribution in [0.3, 0.4) is 0 Å². The maximum absolute atomic E-state index is 8.98. The van der Waals surface area contributed by atoms with Crippen molar-refractivity contribution in [2.75, 3.05) is 19.5 Å². The van der Waals surface area contributed by atoms with E-state index in [2.05, 4.69) is 20.3 Å². The molecule has 3 aromatic heterocycles. The molecule has 0 aliphatic rings. The number of nitrogens with one attached hydrogen (secondary N) is 1. The summed E-state index contributed by atoms with van der Waals surface area (Å²) < 4.78 is 12.8. The van der Waals surface area contributed by atoms with E-state index in [1.165, 1.54) is 0 Å². The monoisotopic (exact) mass is 320 g/mol. The highest BCUT2D eigenvalue weighted by atomic mass is 16.5. The summed E-state index contributed by atoms with van der Waals surface area (Å²) in [6.45, 7) is 0. The third-order valence-electron chi connectivity index (χ3n) is 3.67. The molecular formula is C16H12N6O2. The highest BCUT2D eigenvalue weighted by Crippen LogP contribution is 2.31. The molecule has 0 saturated heterocycles. The van der Waals surface area contributed by atoms with Gasteiger partial charge in [0.1, 0.15) is 40.8 Å². The number of rotatable bonds is 3. The minimum atomic E-state index is 0.295. The summed E-state index contributed by atoms with van der Waals surface area (Å²) in [6.07, 6.45) is 1.54. The van der Waals surface area contributed by atoms with Gasteiger partial charge in [-0.05, 0) is 12.1 Å². The fourth-order valence-corrected chi connectivity index (χ4v) is 2.53. The molecule has 8 heteroatoms. The van der Waals surface area contributed by atoms with Crippen molar-refractivity contribution in [1.82, 2.24) is 19.4 Å². The Bertz CT molecular complexity index is 1110. The van der Waals surface area contributed by atoms with Gasteiger partial charge in [-0.1, -0.05) is 0 Å². The number of nitriles is 1. The number of aromatic nitrogens is 4. The number of benzene rings is 1. The molecule has 0 atom stereocenters. The minimum Gasteiger partial charge on any atom is -0.497 e. The van der Waals surface area contributed by atoms with Crippen LogP contribution in [0.1, 0.15) is 5.69 Å². The fraction of sp³-hybridized carbons (Fsp3) is 0.125. The van der Waals surface area contributed by atoms with E-state index in [0.29, 0.717) is 45.6 Å². The van der Waals surface area contributed by atoms with Crippen LogP contribution in [0, 0.1) is 11.3 Å². The van der Waals surface area contributed by atoms with Crippen LogP contribution in [0.25, 0.3) is 28.3 Å². The maximum atomic E-state index is 8.98. The second-order valence-electron chi connectivity index (χ2n) is 5.03. The van der Waals surface area contributed by atoms with Gasteiger partial charge in [0.15, 0.2) is 11.3 Å². The highest BCUT2D eigenvalue weighted by molar-refractivity contribution is 5.80. The molecule has 24 heavy (non-hydrogen) atoms. The summed E-state index contributed by atoms with van der Waals surface area (Å²) in [7, 11) is 3.38. The molecule has 0 radical (unpaired) electrons. The van der Waals surface area contributed by atoms with E-state index in [4.69, 9.17) is 14.4 Å². The van der Waals surface area contributed by atoms with E-state index < -0.39 is 0 Å². The lowest BCUT2D eigenvalue weighted by molar-refractivity contribution is 0.415. The van der Waals surface area contributed by atoms with Crippen molar-refractivity contribution in [3.8, 4) is 23.4 Å². The van der Waals surface area contributed by atoms with E-state index in [-0.39, 0.29) is 0 Å². The zero-order chi connectivity index (χ0) is 16.7. The molecule has 118 valence electrons. The predicted octanol–water partition coefficient (Wildman–Crippen LogP) is 2.46. The van der Waals surface area contributed by atoms with Crippen LogP contribution in [-0.2, 0) is 0 Å². The highest BCUT2D eigenvalue weighted by Gasteiger charge is 2.19. The van der Waals surface area contributed by atoms with Gasteiger partial charge in [-0.3, -0.25) is 4.40 Å². The lowest BCUT2D eigenvalue weighted by Gasteiger charge is -2.00. The molecule has 4 aromatic rings. The number of anilines is 1. The molecule has 0 amide bonds. The van der Waals surface area contributed by atoms with E-state index in [1.807, 2.05) is 12.1 Å². The smallest absolute Gasteiger partial charge is 0.250 e. The Morgan fingerprint density at radius 2 is 2.17 bits per heavy atom. The Kier molecular flexibility index (Phi) is 3.06. The summed E-state index contributed by atoms with van der Waals surface area (Å²) in [5.74, 6) is 1.76. The second kappa shape index (κ2) is 5.24. The van der Waals surface area contributed by atoms with Gasteiger partial charge in [0, 0.05) is 19.2 Å². The van der Waals surface area contributed by atoms with Gasteiger partial charge in [0.2, 0.25) is 5.89 Å². The van der Waals surface area contributed by atoms with E-state index in [1.54, 1.807) is 43.1 Å². The number of hydrogen-bond donors (Lipinski definition) is 1. The van der Waals surface area contributed by atoms with Crippen LogP contribution in [0.4, 0.5) is 5.82 Å². The Morgan fingerprint density at radius 3 is 2.92 bits per heavy atom. The van der Waals surface area contributed by atoms with Gasteiger partial charge < -0.3 is 14.5 Å². The SMILES string of the molecule is CNc1c(-c2nc3cc(OC)ccc3o2)nc2cc(C#N)ncn12. The van der Waals surface area contributed by atoms with Crippen LogP contribution in [0.2, 0.25) is 0 Å². The zero-order valence-corrected chi connectivity index (χ0v) is 12.9. The first-order chi connectivity index (χ1) is 11.7. The van der Waals surface area contributed by atoms with Crippen molar-refractivity contribution >= 4 is 22.6 Å². The molecule has 0 unspecified atom stereocenters. The number of methoxy groups -OCH3 is 1. The Morgan fingerprint density at radius 1 is 1.29 bits per heavy atom. The van der Waals surface area contributed by atoms with Crippen molar-refractivity contribution in [1.29, 1.82) is 5.26 Å². The lowest BCUT2D eigenvalue weighted by Crippen LogP contribution is -1.97. The molecule has 0 aliphatic heterocycles. The summed E-state index contributed by atoms with van der Waals surface area (Å²) in [6, 6.07) is 9.02. The van der Waals surface area contributed by atoms with Gasteiger partial charge in [-0.2, -0.15) is 5.26 Å². The van der Waals surface area contributed by atoms with Gasteiger partial charge in [-0.15, -0.1) is 0 Å². The topological polar surface area (TPSA) is 101 Å². The third kappa shape index (κ3) is 2.03. The van der Waals surface area contributed by atoms with Crippen molar-refractivity contribution in [3.63, 3.8) is 0 Å². The third-order valence-corrected chi connectivity index (χ3v) is 3.67. The summed E-state index contributed by atoms with van der Waals surface area (Å²) in [5, 5.41) is 12.1. The quantitative estimate of drug-likeness (QED) is 0.618. The summed E-state index contributed by atoms with van der Waals surface area (Å²) >= 11 is 0. The molecule has 3 heterocycles. The van der Waals surface area contributed by atoms with Gasteiger partial charge in [-0.25, -0.2) is 15.0 Å². The number of oxazole rings is 1. The van der Waals surface area contributed by atoms with Gasteiger partial charge >= 0.3 is 0 Å². The van der Waals surface area contributed by atoms with Crippen LogP contribution in [0.15, 0.2) is 35.0 Å².